The summed E-state index contributed by atoms with van der Waals surface area (Å²) in [5, 5.41) is 0. The molecular formula is C18H20O3. The van der Waals surface area contributed by atoms with E-state index in [0.717, 1.165) is 36.9 Å². The molecule has 0 aromatic heterocycles. The minimum absolute atomic E-state index is 0.0782. The second-order valence-electron chi connectivity index (χ2n) is 6.56. The fourth-order valence-electron chi connectivity index (χ4n) is 3.61. The lowest BCUT2D eigenvalue weighted by molar-refractivity contribution is -0.482. The van der Waals surface area contributed by atoms with Crippen LogP contribution < -0.4 is 0 Å². The summed E-state index contributed by atoms with van der Waals surface area (Å²) < 4.78 is 18.1. The summed E-state index contributed by atoms with van der Waals surface area (Å²) in [7, 11) is 0. The van der Waals surface area contributed by atoms with Crippen molar-refractivity contribution in [3.8, 4) is 11.8 Å². The summed E-state index contributed by atoms with van der Waals surface area (Å²) in [5.41, 5.74) is 1.99. The van der Waals surface area contributed by atoms with Crippen LogP contribution >= 0.6 is 0 Å². The van der Waals surface area contributed by atoms with E-state index in [9.17, 15) is 0 Å². The Bertz CT molecular complexity index is 583. The zero-order valence-corrected chi connectivity index (χ0v) is 12.5. The fourth-order valence-corrected chi connectivity index (χ4v) is 3.61. The van der Waals surface area contributed by atoms with Gasteiger partial charge in [-0.1, -0.05) is 12.8 Å². The van der Waals surface area contributed by atoms with E-state index in [0.29, 0.717) is 5.92 Å². The van der Waals surface area contributed by atoms with Crippen molar-refractivity contribution in [1.82, 2.24) is 0 Å². The molecule has 3 heteroatoms. The van der Waals surface area contributed by atoms with Crippen LogP contribution in [0.4, 0.5) is 0 Å². The smallest absolute Gasteiger partial charge is 0.312 e. The van der Waals surface area contributed by atoms with Gasteiger partial charge in [-0.2, -0.15) is 0 Å². The van der Waals surface area contributed by atoms with Gasteiger partial charge >= 0.3 is 5.97 Å². The average molecular weight is 284 g/mol. The van der Waals surface area contributed by atoms with Crippen molar-refractivity contribution in [2.24, 2.45) is 17.3 Å². The molecule has 0 N–H and O–H groups in total. The Labute approximate surface area is 125 Å². The van der Waals surface area contributed by atoms with Gasteiger partial charge in [-0.3, -0.25) is 0 Å². The highest BCUT2D eigenvalue weighted by atomic mass is 16.9. The number of hydrogen-bond acceptors (Lipinski definition) is 3. The lowest BCUT2D eigenvalue weighted by Gasteiger charge is -2.52. The van der Waals surface area contributed by atoms with Crippen LogP contribution in [0, 0.1) is 29.1 Å². The summed E-state index contributed by atoms with van der Waals surface area (Å²) in [6, 6.07) is 7.93. The van der Waals surface area contributed by atoms with Crippen LogP contribution in [-0.2, 0) is 20.2 Å². The maximum atomic E-state index is 6.02. The maximum Gasteiger partial charge on any atom is 0.312 e. The highest BCUT2D eigenvalue weighted by Crippen LogP contribution is 2.57. The standard InChI is InChI=1S/C18H20O3/c1-3-4-14-5-7-15(8-6-14)18-19-10-17(11-20-18,12-21-18)16-9-13(16)2/h5-8,13,16H,9-12H2,1-2H3. The van der Waals surface area contributed by atoms with E-state index in [1.807, 2.05) is 31.2 Å². The molecule has 2 unspecified atom stereocenters. The Kier molecular flexibility index (Phi) is 2.91. The van der Waals surface area contributed by atoms with E-state index in [4.69, 9.17) is 14.2 Å². The van der Waals surface area contributed by atoms with Gasteiger partial charge in [0.05, 0.1) is 19.8 Å². The number of hydrogen-bond donors (Lipinski definition) is 0. The number of rotatable bonds is 2. The molecule has 21 heavy (non-hydrogen) atoms. The Morgan fingerprint density at radius 3 is 2.10 bits per heavy atom. The largest absolute Gasteiger partial charge is 0.323 e. The van der Waals surface area contributed by atoms with Crippen molar-refractivity contribution >= 4 is 0 Å². The molecule has 2 bridgehead atoms. The Morgan fingerprint density at radius 1 is 1.05 bits per heavy atom. The number of benzene rings is 1. The van der Waals surface area contributed by atoms with Gasteiger partial charge < -0.3 is 14.2 Å². The molecule has 0 amide bonds. The predicted molar refractivity (Wildman–Crippen MR) is 78.2 cm³/mol. The highest BCUT2D eigenvalue weighted by molar-refractivity contribution is 5.36. The van der Waals surface area contributed by atoms with Gasteiger partial charge in [0, 0.05) is 16.5 Å². The van der Waals surface area contributed by atoms with Crippen molar-refractivity contribution in [3.63, 3.8) is 0 Å². The molecule has 3 heterocycles. The monoisotopic (exact) mass is 284 g/mol. The molecular weight excluding hydrogens is 264 g/mol. The van der Waals surface area contributed by atoms with E-state index in [1.54, 1.807) is 0 Å². The molecule has 110 valence electrons. The lowest BCUT2D eigenvalue weighted by atomic mass is 9.82. The second-order valence-corrected chi connectivity index (χ2v) is 6.56. The van der Waals surface area contributed by atoms with Gasteiger partial charge in [-0.15, -0.1) is 5.92 Å². The Balaban J connectivity index is 1.55. The SMILES string of the molecule is CC#Cc1ccc(C23OCC(C4CC4C)(CO2)CO3)cc1. The predicted octanol–water partition coefficient (Wildman–Crippen LogP) is 2.89. The molecule has 5 rings (SSSR count). The third-order valence-electron chi connectivity index (χ3n) is 5.05. The van der Waals surface area contributed by atoms with Gasteiger partial charge in [0.25, 0.3) is 0 Å². The summed E-state index contributed by atoms with van der Waals surface area (Å²) in [4.78, 5) is 0. The van der Waals surface area contributed by atoms with Crippen LogP contribution in [0.1, 0.15) is 31.4 Å². The van der Waals surface area contributed by atoms with Crippen LogP contribution in [0.15, 0.2) is 24.3 Å². The van der Waals surface area contributed by atoms with Crippen molar-refractivity contribution in [1.29, 1.82) is 0 Å². The molecule has 0 radical (unpaired) electrons. The van der Waals surface area contributed by atoms with E-state index >= 15 is 0 Å². The number of ether oxygens (including phenoxy) is 3. The van der Waals surface area contributed by atoms with Gasteiger partial charge in [-0.25, -0.2) is 0 Å². The zero-order chi connectivity index (χ0) is 14.5. The molecule has 1 aliphatic carbocycles. The van der Waals surface area contributed by atoms with Crippen molar-refractivity contribution in [3.05, 3.63) is 35.4 Å². The average Bonchev–Trinajstić information content (AvgIpc) is 3.28. The van der Waals surface area contributed by atoms with Gasteiger partial charge in [0.1, 0.15) is 0 Å². The summed E-state index contributed by atoms with van der Waals surface area (Å²) >= 11 is 0. The van der Waals surface area contributed by atoms with Gasteiger partial charge in [-0.05, 0) is 49.4 Å². The molecule has 1 saturated carbocycles. The summed E-state index contributed by atoms with van der Waals surface area (Å²) in [5.74, 6) is 6.41. The van der Waals surface area contributed by atoms with Gasteiger partial charge in [0.2, 0.25) is 0 Å². The first-order valence-electron chi connectivity index (χ1n) is 7.63. The molecule has 1 aromatic rings. The van der Waals surface area contributed by atoms with Crippen LogP contribution in [0.5, 0.6) is 0 Å². The van der Waals surface area contributed by atoms with Crippen LogP contribution in [0.25, 0.3) is 0 Å². The maximum absolute atomic E-state index is 6.02. The third kappa shape index (κ3) is 2.02. The topological polar surface area (TPSA) is 27.7 Å². The minimum Gasteiger partial charge on any atom is -0.323 e. The van der Waals surface area contributed by atoms with E-state index < -0.39 is 5.97 Å². The molecule has 3 saturated heterocycles. The fraction of sp³-hybridized carbons (Fsp3) is 0.556. The van der Waals surface area contributed by atoms with E-state index in [2.05, 4.69) is 18.8 Å². The zero-order valence-electron chi connectivity index (χ0n) is 12.5. The molecule has 4 aliphatic rings. The highest BCUT2D eigenvalue weighted by Gasteiger charge is 2.61. The molecule has 4 fully saturated rings. The molecule has 1 aromatic carbocycles. The van der Waals surface area contributed by atoms with Crippen molar-refractivity contribution in [2.75, 3.05) is 19.8 Å². The lowest BCUT2D eigenvalue weighted by Crippen LogP contribution is -2.59. The molecule has 3 aliphatic heterocycles. The van der Waals surface area contributed by atoms with E-state index in [1.165, 1.54) is 6.42 Å². The minimum atomic E-state index is -1.00. The summed E-state index contributed by atoms with van der Waals surface area (Å²) in [6.45, 7) is 6.33. The molecule has 2 atom stereocenters. The second kappa shape index (κ2) is 4.58. The first kappa shape index (κ1) is 13.3. The van der Waals surface area contributed by atoms with E-state index in [-0.39, 0.29) is 5.41 Å². The van der Waals surface area contributed by atoms with Crippen LogP contribution in [0.2, 0.25) is 0 Å². The Morgan fingerprint density at radius 2 is 1.62 bits per heavy atom. The van der Waals surface area contributed by atoms with Gasteiger partial charge in [0.15, 0.2) is 0 Å². The van der Waals surface area contributed by atoms with Crippen LogP contribution in [-0.4, -0.2) is 19.8 Å². The first-order valence-corrected chi connectivity index (χ1v) is 7.63. The Hall–Kier alpha value is -1.34. The normalized spacial score (nSPS) is 40.5. The third-order valence-corrected chi connectivity index (χ3v) is 5.05. The van der Waals surface area contributed by atoms with Crippen molar-refractivity contribution < 1.29 is 14.2 Å². The number of fused-ring (bicyclic) bond motifs is 3. The molecule has 3 nitrogen and oxygen atoms in total. The quantitative estimate of drug-likeness (QED) is 0.782. The molecule has 0 spiro atoms. The summed E-state index contributed by atoms with van der Waals surface area (Å²) in [6.07, 6.45) is 1.27. The van der Waals surface area contributed by atoms with Crippen molar-refractivity contribution in [2.45, 2.75) is 26.2 Å². The first-order chi connectivity index (χ1) is 10.2. The van der Waals surface area contributed by atoms with Crippen LogP contribution in [0.3, 0.4) is 0 Å².